The van der Waals surface area contributed by atoms with Crippen molar-refractivity contribution in [2.45, 2.75) is 76.9 Å². The van der Waals surface area contributed by atoms with Crippen LogP contribution in [0.25, 0.3) is 0 Å². The van der Waals surface area contributed by atoms with E-state index in [9.17, 15) is 10.2 Å². The van der Waals surface area contributed by atoms with Crippen LogP contribution in [0.15, 0.2) is 24.3 Å². The molecule has 0 bridgehead atoms. The number of benzene rings is 1. The van der Waals surface area contributed by atoms with Crippen molar-refractivity contribution in [3.8, 4) is 5.75 Å². The zero-order chi connectivity index (χ0) is 18.9. The fraction of sp³-hybridized carbons (Fsp3) is 0.684. The predicted octanol–water partition coefficient (Wildman–Crippen LogP) is 1.59. The molecule has 7 heteroatoms. The molecule has 2 aliphatic heterocycles. The Morgan fingerprint density at radius 3 is 2.46 bits per heavy atom. The summed E-state index contributed by atoms with van der Waals surface area (Å²) in [6.45, 7) is 7.45. The van der Waals surface area contributed by atoms with Crippen molar-refractivity contribution in [2.24, 2.45) is 0 Å². The lowest BCUT2D eigenvalue weighted by atomic mass is 10.1. The molecule has 0 saturated carbocycles. The van der Waals surface area contributed by atoms with Gasteiger partial charge in [-0.05, 0) is 45.4 Å². The van der Waals surface area contributed by atoms with Crippen LogP contribution in [-0.4, -0.2) is 59.4 Å². The Bertz CT molecular complexity index is 586. The van der Waals surface area contributed by atoms with E-state index in [4.69, 9.17) is 23.7 Å². The Kier molecular flexibility index (Phi) is 5.86. The van der Waals surface area contributed by atoms with E-state index in [1.165, 1.54) is 0 Å². The first-order chi connectivity index (χ1) is 12.3. The second-order valence-electron chi connectivity index (χ2n) is 7.41. The summed E-state index contributed by atoms with van der Waals surface area (Å²) in [4.78, 5) is 0. The van der Waals surface area contributed by atoms with Crippen LogP contribution in [0.5, 0.6) is 5.75 Å². The van der Waals surface area contributed by atoms with Crippen LogP contribution in [-0.2, 0) is 25.6 Å². The van der Waals surface area contributed by atoms with Crippen molar-refractivity contribution < 1.29 is 33.9 Å². The first-order valence-corrected chi connectivity index (χ1v) is 8.96. The third kappa shape index (κ3) is 4.36. The first-order valence-electron chi connectivity index (χ1n) is 8.96. The van der Waals surface area contributed by atoms with Gasteiger partial charge in [0.2, 0.25) is 0 Å². The maximum absolute atomic E-state index is 10.0. The molecular weight excluding hydrogens is 340 g/mol. The summed E-state index contributed by atoms with van der Waals surface area (Å²) in [5.74, 6) is 0.0259. The predicted molar refractivity (Wildman–Crippen MR) is 92.6 cm³/mol. The summed E-state index contributed by atoms with van der Waals surface area (Å²) < 4.78 is 29.0. The van der Waals surface area contributed by atoms with Gasteiger partial charge in [-0.3, -0.25) is 0 Å². The van der Waals surface area contributed by atoms with Crippen molar-refractivity contribution in [1.82, 2.24) is 0 Å². The Labute approximate surface area is 153 Å². The van der Waals surface area contributed by atoms with E-state index in [0.29, 0.717) is 6.61 Å². The van der Waals surface area contributed by atoms with Crippen molar-refractivity contribution in [3.63, 3.8) is 0 Å². The summed E-state index contributed by atoms with van der Waals surface area (Å²) in [5, 5.41) is 19.3. The molecular formula is C19H28O7. The van der Waals surface area contributed by atoms with Gasteiger partial charge in [0, 0.05) is 0 Å². The monoisotopic (exact) mass is 368 g/mol. The number of hydrogen-bond acceptors (Lipinski definition) is 7. The highest BCUT2D eigenvalue weighted by molar-refractivity contribution is 5.27. The molecule has 3 rings (SSSR count). The van der Waals surface area contributed by atoms with E-state index in [2.05, 4.69) is 0 Å². The fourth-order valence-corrected chi connectivity index (χ4v) is 3.24. The molecule has 2 N–H and O–H groups in total. The van der Waals surface area contributed by atoms with Crippen LogP contribution >= 0.6 is 0 Å². The third-order valence-electron chi connectivity index (χ3n) is 4.33. The minimum atomic E-state index is -1.07. The lowest BCUT2D eigenvalue weighted by molar-refractivity contribution is -0.232. The quantitative estimate of drug-likeness (QED) is 0.756. The molecule has 2 heterocycles. The van der Waals surface area contributed by atoms with Crippen LogP contribution < -0.4 is 4.74 Å². The molecule has 2 aliphatic rings. The van der Waals surface area contributed by atoms with Gasteiger partial charge in [-0.2, -0.15) is 0 Å². The Hall–Kier alpha value is -1.22. The minimum absolute atomic E-state index is 0.119. The van der Waals surface area contributed by atoms with Crippen molar-refractivity contribution in [1.29, 1.82) is 0 Å². The largest absolute Gasteiger partial charge is 0.491 e. The lowest BCUT2D eigenvalue weighted by Gasteiger charge is -2.28. The van der Waals surface area contributed by atoms with Gasteiger partial charge >= 0.3 is 0 Å². The highest BCUT2D eigenvalue weighted by atomic mass is 16.8. The van der Waals surface area contributed by atoms with Gasteiger partial charge in [-0.25, -0.2) is 0 Å². The van der Waals surface area contributed by atoms with Crippen molar-refractivity contribution >= 4 is 0 Å². The fourth-order valence-electron chi connectivity index (χ4n) is 3.24. The van der Waals surface area contributed by atoms with Gasteiger partial charge < -0.3 is 33.9 Å². The van der Waals surface area contributed by atoms with E-state index in [1.807, 2.05) is 38.1 Å². The maximum atomic E-state index is 10.0. The molecule has 0 radical (unpaired) electrons. The van der Waals surface area contributed by atoms with Crippen LogP contribution in [0.2, 0.25) is 0 Å². The first kappa shape index (κ1) is 19.5. The van der Waals surface area contributed by atoms with Gasteiger partial charge in [-0.1, -0.05) is 12.1 Å². The summed E-state index contributed by atoms with van der Waals surface area (Å²) in [7, 11) is 0. The molecule has 5 atom stereocenters. The summed E-state index contributed by atoms with van der Waals surface area (Å²) in [5.41, 5.74) is 0.958. The Balaban J connectivity index is 1.65. The molecule has 0 amide bonds. The SMILES string of the molecule is CC(C)Oc1ccc(CO[C@@H]2[C@H]3OC(C)(C)O[C@H]3O[C@@H]2[C@H](O)CO)cc1. The summed E-state index contributed by atoms with van der Waals surface area (Å²) in [6.07, 6.45) is -3.29. The van der Waals surface area contributed by atoms with Crippen molar-refractivity contribution in [2.75, 3.05) is 6.61 Å². The zero-order valence-electron chi connectivity index (χ0n) is 15.6. The number of aliphatic hydroxyl groups excluding tert-OH is 2. The molecule has 0 spiro atoms. The van der Waals surface area contributed by atoms with Crippen molar-refractivity contribution in [3.05, 3.63) is 29.8 Å². The molecule has 0 aliphatic carbocycles. The Morgan fingerprint density at radius 1 is 1.15 bits per heavy atom. The smallest absolute Gasteiger partial charge is 0.190 e. The second kappa shape index (κ2) is 7.80. The standard InChI is InChI=1S/C19H28O7/c1-11(2)23-13-7-5-12(6-8-13)10-22-16-15(14(21)9-20)24-18-17(16)25-19(3,4)26-18/h5-8,11,14-18,20-21H,9-10H2,1-4H3/t14-,15-,16+,17-,18-/m1/s1. The number of ether oxygens (including phenoxy) is 5. The zero-order valence-corrected chi connectivity index (χ0v) is 15.6. The molecule has 146 valence electrons. The molecule has 1 aromatic rings. The van der Waals surface area contributed by atoms with E-state index >= 15 is 0 Å². The van der Waals surface area contributed by atoms with E-state index in [1.54, 1.807) is 13.8 Å². The molecule has 2 fully saturated rings. The Morgan fingerprint density at radius 2 is 1.85 bits per heavy atom. The second-order valence-corrected chi connectivity index (χ2v) is 7.41. The average molecular weight is 368 g/mol. The molecule has 1 aromatic carbocycles. The molecule has 26 heavy (non-hydrogen) atoms. The maximum Gasteiger partial charge on any atom is 0.190 e. The lowest BCUT2D eigenvalue weighted by Crippen LogP contribution is -2.44. The van der Waals surface area contributed by atoms with Crippen LogP contribution in [0.1, 0.15) is 33.3 Å². The average Bonchev–Trinajstić information content (AvgIpc) is 3.05. The highest BCUT2D eigenvalue weighted by Gasteiger charge is 2.56. The van der Waals surface area contributed by atoms with Gasteiger partial charge in [0.05, 0.1) is 19.3 Å². The number of aliphatic hydroxyl groups is 2. The van der Waals surface area contributed by atoms with Crippen LogP contribution in [0.4, 0.5) is 0 Å². The minimum Gasteiger partial charge on any atom is -0.491 e. The number of hydrogen-bond donors (Lipinski definition) is 2. The normalized spacial score (nSPS) is 31.2. The molecule has 7 nitrogen and oxygen atoms in total. The van der Waals surface area contributed by atoms with E-state index < -0.39 is 43.1 Å². The van der Waals surface area contributed by atoms with Crippen LogP contribution in [0, 0.1) is 0 Å². The number of rotatable bonds is 7. The molecule has 0 unspecified atom stereocenters. The highest BCUT2D eigenvalue weighted by Crippen LogP contribution is 2.39. The summed E-state index contributed by atoms with van der Waals surface area (Å²) in [6, 6.07) is 7.65. The van der Waals surface area contributed by atoms with Crippen LogP contribution in [0.3, 0.4) is 0 Å². The van der Waals surface area contributed by atoms with E-state index in [0.717, 1.165) is 11.3 Å². The van der Waals surface area contributed by atoms with Gasteiger partial charge in [0.15, 0.2) is 12.1 Å². The van der Waals surface area contributed by atoms with Gasteiger partial charge in [0.25, 0.3) is 0 Å². The topological polar surface area (TPSA) is 86.6 Å². The van der Waals surface area contributed by atoms with E-state index in [-0.39, 0.29) is 6.10 Å². The number of fused-ring (bicyclic) bond motifs is 1. The van der Waals surface area contributed by atoms with Gasteiger partial charge in [0.1, 0.15) is 30.2 Å². The molecule has 0 aromatic heterocycles. The third-order valence-corrected chi connectivity index (χ3v) is 4.33. The van der Waals surface area contributed by atoms with Gasteiger partial charge in [-0.15, -0.1) is 0 Å². The summed E-state index contributed by atoms with van der Waals surface area (Å²) >= 11 is 0. The molecule has 2 saturated heterocycles.